The predicted octanol–water partition coefficient (Wildman–Crippen LogP) is 4.64. The van der Waals surface area contributed by atoms with E-state index in [4.69, 9.17) is 4.74 Å². The van der Waals surface area contributed by atoms with Gasteiger partial charge in [0.2, 0.25) is 0 Å². The molecule has 0 aliphatic carbocycles. The van der Waals surface area contributed by atoms with Gasteiger partial charge in [0.25, 0.3) is 0 Å². The Morgan fingerprint density at radius 3 is 1.87 bits per heavy atom. The molecule has 0 bridgehead atoms. The van der Waals surface area contributed by atoms with Gasteiger partial charge in [-0.3, -0.25) is 0 Å². The molecule has 2 N–H and O–H groups in total. The fourth-order valence-electron chi connectivity index (χ4n) is 2.71. The van der Waals surface area contributed by atoms with Crippen LogP contribution in [0.25, 0.3) is 0 Å². The minimum atomic E-state index is -0.559. The lowest BCUT2D eigenvalue weighted by molar-refractivity contribution is -0.0741. The second kappa shape index (κ2) is 12.7. The predicted molar refractivity (Wildman–Crippen MR) is 98.6 cm³/mol. The summed E-state index contributed by atoms with van der Waals surface area (Å²) in [5, 5.41) is 19.3. The van der Waals surface area contributed by atoms with Crippen LogP contribution in [0, 0.1) is 5.41 Å². The Kier molecular flexibility index (Phi) is 12.4. The fourth-order valence-corrected chi connectivity index (χ4v) is 2.71. The van der Waals surface area contributed by atoms with E-state index in [9.17, 15) is 10.2 Å². The first-order valence-corrected chi connectivity index (χ1v) is 9.21. The maximum atomic E-state index is 9.63. The average molecular weight is 327 g/mol. The van der Waals surface area contributed by atoms with Gasteiger partial charge < -0.3 is 14.9 Å². The topological polar surface area (TPSA) is 49.7 Å². The third-order valence-corrected chi connectivity index (χ3v) is 4.64. The molecule has 0 amide bonds. The lowest BCUT2D eigenvalue weighted by Crippen LogP contribution is -2.39. The van der Waals surface area contributed by atoms with E-state index in [-0.39, 0.29) is 13.2 Å². The minimum absolute atomic E-state index is 0.0573. The molecule has 0 unspecified atom stereocenters. The van der Waals surface area contributed by atoms with Gasteiger partial charge in [-0.15, -0.1) is 0 Å². The third kappa shape index (κ3) is 8.14. The van der Waals surface area contributed by atoms with Crippen LogP contribution in [0.2, 0.25) is 0 Å². The lowest BCUT2D eigenvalue weighted by Gasteiger charge is -2.35. The van der Waals surface area contributed by atoms with E-state index in [1.165, 1.54) is 25.7 Å². The first-order chi connectivity index (χ1) is 11.1. The van der Waals surface area contributed by atoms with Gasteiger partial charge in [0.15, 0.2) is 0 Å². The maximum Gasteiger partial charge on any atom is 0.104 e. The molecule has 0 aromatic heterocycles. The molecule has 0 spiro atoms. The van der Waals surface area contributed by atoms with Gasteiger partial charge in [0.1, 0.15) is 5.60 Å². The number of hydrogen-bond acceptors (Lipinski definition) is 3. The Balaban J connectivity index is 4.90. The second-order valence-corrected chi connectivity index (χ2v) is 6.58. The third-order valence-electron chi connectivity index (χ3n) is 4.64. The van der Waals surface area contributed by atoms with E-state index in [2.05, 4.69) is 19.1 Å². The van der Waals surface area contributed by atoms with Gasteiger partial charge in [-0.05, 0) is 33.1 Å². The molecular formula is C20H38O3. The molecule has 0 radical (unpaired) electrons. The van der Waals surface area contributed by atoms with Crippen LogP contribution in [0.15, 0.2) is 24.3 Å². The summed E-state index contributed by atoms with van der Waals surface area (Å²) in [6, 6.07) is 0. The van der Waals surface area contributed by atoms with Crippen LogP contribution in [-0.4, -0.2) is 35.6 Å². The summed E-state index contributed by atoms with van der Waals surface area (Å²) in [7, 11) is 0. The van der Waals surface area contributed by atoms with Gasteiger partial charge in [0.05, 0.1) is 19.8 Å². The van der Waals surface area contributed by atoms with Crippen molar-refractivity contribution < 1.29 is 14.9 Å². The summed E-state index contributed by atoms with van der Waals surface area (Å²) >= 11 is 0. The number of hydrogen-bond donors (Lipinski definition) is 2. The maximum absolute atomic E-state index is 9.63. The number of allylic oxidation sites excluding steroid dienone is 2. The van der Waals surface area contributed by atoms with Gasteiger partial charge >= 0.3 is 0 Å². The molecule has 0 aromatic rings. The summed E-state index contributed by atoms with van der Waals surface area (Å²) in [4.78, 5) is 0. The quantitative estimate of drug-likeness (QED) is 0.361. The zero-order valence-corrected chi connectivity index (χ0v) is 15.7. The molecule has 0 saturated heterocycles. The molecule has 23 heavy (non-hydrogen) atoms. The first-order valence-electron chi connectivity index (χ1n) is 9.21. The van der Waals surface area contributed by atoms with E-state index in [1.807, 2.05) is 32.9 Å². The standard InChI is InChI=1S/C20H38O3/c1-5-9-10-11-12-15-20(13-6-2,14-7-3)23-18-19(8-4,16-21)17-22/h6-7,13-14,21-22H,5,8-12,15-18H2,1-4H3. The van der Waals surface area contributed by atoms with E-state index in [1.54, 1.807) is 0 Å². The van der Waals surface area contributed by atoms with Crippen molar-refractivity contribution in [3.8, 4) is 0 Å². The zero-order chi connectivity index (χ0) is 17.6. The summed E-state index contributed by atoms with van der Waals surface area (Å²) in [6.45, 7) is 8.46. The second-order valence-electron chi connectivity index (χ2n) is 6.58. The van der Waals surface area contributed by atoms with E-state index in [0.717, 1.165) is 12.8 Å². The van der Waals surface area contributed by atoms with E-state index >= 15 is 0 Å². The normalized spacial score (nSPS) is 15.6. The van der Waals surface area contributed by atoms with Crippen LogP contribution in [0.5, 0.6) is 0 Å². The summed E-state index contributed by atoms with van der Waals surface area (Å²) < 4.78 is 6.26. The van der Waals surface area contributed by atoms with Crippen LogP contribution in [-0.2, 0) is 4.74 Å². The highest BCUT2D eigenvalue weighted by Crippen LogP contribution is 2.29. The van der Waals surface area contributed by atoms with Gasteiger partial charge in [-0.1, -0.05) is 63.8 Å². The van der Waals surface area contributed by atoms with E-state index in [0.29, 0.717) is 13.0 Å². The summed E-state index contributed by atoms with van der Waals surface area (Å²) in [6.07, 6.45) is 16.0. The highest BCUT2D eigenvalue weighted by Gasteiger charge is 2.32. The Bertz CT molecular complexity index is 310. The molecule has 0 aliphatic rings. The Morgan fingerprint density at radius 1 is 0.870 bits per heavy atom. The Labute approximate surface area is 143 Å². The monoisotopic (exact) mass is 326 g/mol. The number of unbranched alkanes of at least 4 members (excludes halogenated alkanes) is 4. The fraction of sp³-hybridized carbons (Fsp3) is 0.800. The largest absolute Gasteiger partial charge is 0.396 e. The van der Waals surface area contributed by atoms with Crippen molar-refractivity contribution in [2.75, 3.05) is 19.8 Å². The molecule has 0 aliphatic heterocycles. The molecule has 3 nitrogen and oxygen atoms in total. The summed E-state index contributed by atoms with van der Waals surface area (Å²) in [5.74, 6) is 0. The number of rotatable bonds is 14. The van der Waals surface area contributed by atoms with Gasteiger partial charge in [-0.2, -0.15) is 0 Å². The van der Waals surface area contributed by atoms with Crippen molar-refractivity contribution in [3.05, 3.63) is 24.3 Å². The smallest absolute Gasteiger partial charge is 0.104 e. The summed E-state index contributed by atoms with van der Waals surface area (Å²) in [5.41, 5.74) is -0.989. The Hall–Kier alpha value is -0.640. The molecule has 0 aromatic carbocycles. The van der Waals surface area contributed by atoms with E-state index < -0.39 is 11.0 Å². The highest BCUT2D eigenvalue weighted by atomic mass is 16.5. The first kappa shape index (κ1) is 22.4. The van der Waals surface area contributed by atoms with Crippen LogP contribution in [0.3, 0.4) is 0 Å². The molecule has 0 heterocycles. The Morgan fingerprint density at radius 2 is 1.43 bits per heavy atom. The lowest BCUT2D eigenvalue weighted by atomic mass is 9.87. The van der Waals surface area contributed by atoms with Crippen molar-refractivity contribution in [2.24, 2.45) is 5.41 Å². The van der Waals surface area contributed by atoms with Gasteiger partial charge in [-0.25, -0.2) is 0 Å². The van der Waals surface area contributed by atoms with Gasteiger partial charge in [0, 0.05) is 5.41 Å². The minimum Gasteiger partial charge on any atom is -0.396 e. The molecule has 3 heteroatoms. The van der Waals surface area contributed by atoms with Crippen molar-refractivity contribution in [3.63, 3.8) is 0 Å². The van der Waals surface area contributed by atoms with Crippen molar-refractivity contribution in [1.29, 1.82) is 0 Å². The van der Waals surface area contributed by atoms with Crippen LogP contribution in [0.1, 0.15) is 72.6 Å². The molecule has 0 atom stereocenters. The van der Waals surface area contributed by atoms with Crippen molar-refractivity contribution >= 4 is 0 Å². The SMILES string of the molecule is CC=CC(C=CC)(CCCCCCC)OCC(CC)(CO)CO. The number of aliphatic hydroxyl groups excluding tert-OH is 2. The zero-order valence-electron chi connectivity index (χ0n) is 15.7. The van der Waals surface area contributed by atoms with Crippen molar-refractivity contribution in [1.82, 2.24) is 0 Å². The average Bonchev–Trinajstić information content (AvgIpc) is 2.57. The molecular weight excluding hydrogens is 288 g/mol. The molecule has 0 fully saturated rings. The molecule has 0 saturated carbocycles. The number of ether oxygens (including phenoxy) is 1. The van der Waals surface area contributed by atoms with Crippen LogP contribution in [0.4, 0.5) is 0 Å². The van der Waals surface area contributed by atoms with Crippen molar-refractivity contribution in [2.45, 2.75) is 78.2 Å². The van der Waals surface area contributed by atoms with Crippen LogP contribution < -0.4 is 0 Å². The number of aliphatic hydroxyl groups is 2. The molecule has 136 valence electrons. The van der Waals surface area contributed by atoms with Crippen LogP contribution >= 0.6 is 0 Å². The highest BCUT2D eigenvalue weighted by molar-refractivity contribution is 5.14. The molecule has 0 rings (SSSR count).